The van der Waals surface area contributed by atoms with Crippen LogP contribution in [-0.2, 0) is 12.0 Å². The van der Waals surface area contributed by atoms with Crippen LogP contribution in [0.4, 0.5) is 0 Å². The van der Waals surface area contributed by atoms with Gasteiger partial charge >= 0.3 is 0 Å². The fourth-order valence-corrected chi connectivity index (χ4v) is 3.13. The van der Waals surface area contributed by atoms with Gasteiger partial charge in [0, 0.05) is 10.9 Å². The predicted octanol–water partition coefficient (Wildman–Crippen LogP) is 3.64. The molecule has 3 heteroatoms. The van der Waals surface area contributed by atoms with Crippen molar-refractivity contribution in [3.63, 3.8) is 0 Å². The van der Waals surface area contributed by atoms with E-state index in [9.17, 15) is 0 Å². The number of rotatable bonds is 5. The summed E-state index contributed by atoms with van der Waals surface area (Å²) < 4.78 is 0. The Morgan fingerprint density at radius 1 is 1.38 bits per heavy atom. The van der Waals surface area contributed by atoms with Crippen LogP contribution in [0.25, 0.3) is 0 Å². The average molecular weight is 240 g/mol. The van der Waals surface area contributed by atoms with Crippen LogP contribution in [0, 0.1) is 6.92 Å². The van der Waals surface area contributed by atoms with Crippen LogP contribution in [0.3, 0.4) is 0 Å². The van der Waals surface area contributed by atoms with Crippen LogP contribution in [-0.4, -0.2) is 11.0 Å². The second kappa shape index (κ2) is 5.28. The van der Waals surface area contributed by atoms with Crippen LogP contribution < -0.4 is 5.32 Å². The lowest BCUT2D eigenvalue weighted by Gasteiger charge is -2.29. The molecule has 92 valence electrons. The molecule has 0 fully saturated rings. The minimum atomic E-state index is 0.0248. The summed E-state index contributed by atoms with van der Waals surface area (Å²) in [7, 11) is 0. The second-order valence-electron chi connectivity index (χ2n) is 4.86. The molecule has 0 aliphatic heterocycles. The summed E-state index contributed by atoms with van der Waals surface area (Å²) in [5.74, 6) is 0. The van der Waals surface area contributed by atoms with Crippen molar-refractivity contribution in [3.05, 3.63) is 15.6 Å². The van der Waals surface area contributed by atoms with Crippen molar-refractivity contribution in [1.82, 2.24) is 10.3 Å². The number of nitrogens with zero attached hydrogens (tertiary/aromatic N) is 1. The maximum absolute atomic E-state index is 4.78. The zero-order valence-corrected chi connectivity index (χ0v) is 12.2. The maximum Gasteiger partial charge on any atom is 0.113 e. The van der Waals surface area contributed by atoms with Gasteiger partial charge in [-0.15, -0.1) is 11.3 Å². The number of hydrogen-bond donors (Lipinski definition) is 1. The number of aromatic nitrogens is 1. The summed E-state index contributed by atoms with van der Waals surface area (Å²) >= 11 is 1.84. The molecule has 2 nitrogen and oxygen atoms in total. The van der Waals surface area contributed by atoms with E-state index in [1.807, 2.05) is 11.3 Å². The first-order valence-corrected chi connectivity index (χ1v) is 6.99. The van der Waals surface area contributed by atoms with E-state index in [0.717, 1.165) is 12.8 Å². The van der Waals surface area contributed by atoms with Gasteiger partial charge in [0.25, 0.3) is 0 Å². The van der Waals surface area contributed by atoms with E-state index in [4.69, 9.17) is 4.98 Å². The lowest BCUT2D eigenvalue weighted by Crippen LogP contribution is -2.43. The molecule has 0 saturated carbocycles. The van der Waals surface area contributed by atoms with Gasteiger partial charge in [-0.2, -0.15) is 0 Å². The maximum atomic E-state index is 4.78. The average Bonchev–Trinajstić information content (AvgIpc) is 2.59. The zero-order chi connectivity index (χ0) is 12.3. The van der Waals surface area contributed by atoms with E-state index in [1.54, 1.807) is 0 Å². The molecule has 1 heterocycles. The van der Waals surface area contributed by atoms with Gasteiger partial charge in [-0.05, 0) is 40.5 Å². The first-order valence-electron chi connectivity index (χ1n) is 6.17. The molecule has 0 aliphatic carbocycles. The Morgan fingerprint density at radius 3 is 2.38 bits per heavy atom. The highest BCUT2D eigenvalue weighted by Crippen LogP contribution is 2.31. The molecule has 0 aliphatic rings. The highest BCUT2D eigenvalue weighted by atomic mass is 32.1. The van der Waals surface area contributed by atoms with Crippen molar-refractivity contribution in [1.29, 1.82) is 0 Å². The molecule has 1 atom stereocenters. The third-order valence-electron chi connectivity index (χ3n) is 3.01. The Hall–Kier alpha value is -0.410. The molecule has 0 radical (unpaired) electrons. The van der Waals surface area contributed by atoms with Crippen LogP contribution in [0.15, 0.2) is 0 Å². The molecule has 1 N–H and O–H groups in total. The van der Waals surface area contributed by atoms with Gasteiger partial charge in [-0.1, -0.05) is 13.8 Å². The van der Waals surface area contributed by atoms with Gasteiger partial charge in [0.05, 0.1) is 11.2 Å². The van der Waals surface area contributed by atoms with E-state index >= 15 is 0 Å². The van der Waals surface area contributed by atoms with Crippen molar-refractivity contribution in [2.45, 2.75) is 66.0 Å². The van der Waals surface area contributed by atoms with Crippen LogP contribution in [0.2, 0.25) is 0 Å². The van der Waals surface area contributed by atoms with Gasteiger partial charge in [0.2, 0.25) is 0 Å². The Balaban J connectivity index is 3.02. The van der Waals surface area contributed by atoms with Gasteiger partial charge in [-0.3, -0.25) is 0 Å². The standard InChI is InChI=1S/C13H24N2S/c1-7-11-10(5)16-12(14-11)13(6,8-2)15-9(3)4/h9,15H,7-8H2,1-6H3. The third kappa shape index (κ3) is 2.83. The van der Waals surface area contributed by atoms with Crippen LogP contribution >= 0.6 is 11.3 Å². The van der Waals surface area contributed by atoms with Crippen molar-refractivity contribution in [2.75, 3.05) is 0 Å². The Labute approximate surface area is 103 Å². The first-order chi connectivity index (χ1) is 7.42. The van der Waals surface area contributed by atoms with Crippen molar-refractivity contribution in [2.24, 2.45) is 0 Å². The summed E-state index contributed by atoms with van der Waals surface area (Å²) in [4.78, 5) is 6.14. The fourth-order valence-electron chi connectivity index (χ4n) is 1.94. The highest BCUT2D eigenvalue weighted by Gasteiger charge is 2.29. The minimum absolute atomic E-state index is 0.0248. The summed E-state index contributed by atoms with van der Waals surface area (Å²) in [6, 6.07) is 0.485. The minimum Gasteiger partial charge on any atom is -0.303 e. The number of thiazole rings is 1. The Morgan fingerprint density at radius 2 is 2.00 bits per heavy atom. The molecule has 0 bridgehead atoms. The molecule has 1 aromatic rings. The summed E-state index contributed by atoms with van der Waals surface area (Å²) in [5.41, 5.74) is 1.28. The van der Waals surface area contributed by atoms with E-state index in [-0.39, 0.29) is 5.54 Å². The summed E-state index contributed by atoms with van der Waals surface area (Å²) in [5, 5.41) is 4.87. The number of aryl methyl sites for hydroxylation is 2. The van der Waals surface area contributed by atoms with Gasteiger partial charge in [0.15, 0.2) is 0 Å². The molecule has 16 heavy (non-hydrogen) atoms. The summed E-state index contributed by atoms with van der Waals surface area (Å²) in [6.45, 7) is 13.2. The van der Waals surface area contributed by atoms with Crippen LogP contribution in [0.1, 0.15) is 56.6 Å². The molecule has 0 spiro atoms. The van der Waals surface area contributed by atoms with E-state index in [0.29, 0.717) is 6.04 Å². The lowest BCUT2D eigenvalue weighted by molar-refractivity contribution is 0.321. The fraction of sp³-hybridized carbons (Fsp3) is 0.769. The largest absolute Gasteiger partial charge is 0.303 e. The molecule has 0 amide bonds. The monoisotopic (exact) mass is 240 g/mol. The quantitative estimate of drug-likeness (QED) is 0.850. The molecule has 1 unspecified atom stereocenters. The SMILES string of the molecule is CCc1nc(C(C)(CC)NC(C)C)sc1C. The summed E-state index contributed by atoms with van der Waals surface area (Å²) in [6.07, 6.45) is 2.10. The number of hydrogen-bond acceptors (Lipinski definition) is 3. The highest BCUT2D eigenvalue weighted by molar-refractivity contribution is 7.11. The normalized spacial score (nSPS) is 15.4. The third-order valence-corrected chi connectivity index (χ3v) is 4.29. The molecular formula is C13H24N2S. The lowest BCUT2D eigenvalue weighted by atomic mass is 9.99. The Bertz CT molecular complexity index is 344. The molecule has 0 aromatic carbocycles. The molecule has 1 rings (SSSR count). The van der Waals surface area contributed by atoms with E-state index in [1.165, 1.54) is 15.6 Å². The topological polar surface area (TPSA) is 24.9 Å². The van der Waals surface area contributed by atoms with Gasteiger partial charge in [0.1, 0.15) is 5.01 Å². The van der Waals surface area contributed by atoms with Gasteiger partial charge < -0.3 is 5.32 Å². The second-order valence-corrected chi connectivity index (χ2v) is 6.06. The molecular weight excluding hydrogens is 216 g/mol. The van der Waals surface area contributed by atoms with Crippen molar-refractivity contribution in [3.8, 4) is 0 Å². The first kappa shape index (κ1) is 13.7. The van der Waals surface area contributed by atoms with Crippen LogP contribution in [0.5, 0.6) is 0 Å². The number of nitrogens with one attached hydrogen (secondary N) is 1. The molecule has 0 saturated heterocycles. The predicted molar refractivity (Wildman–Crippen MR) is 72.1 cm³/mol. The molecule has 1 aromatic heterocycles. The zero-order valence-electron chi connectivity index (χ0n) is 11.3. The van der Waals surface area contributed by atoms with E-state index < -0.39 is 0 Å². The van der Waals surface area contributed by atoms with Gasteiger partial charge in [-0.25, -0.2) is 4.98 Å². The Kier molecular flexibility index (Phi) is 4.51. The smallest absolute Gasteiger partial charge is 0.113 e. The van der Waals surface area contributed by atoms with Crippen molar-refractivity contribution < 1.29 is 0 Å². The van der Waals surface area contributed by atoms with Crippen molar-refractivity contribution >= 4 is 11.3 Å². The van der Waals surface area contributed by atoms with E-state index in [2.05, 4.69) is 46.9 Å².